The molecule has 9 nitrogen and oxygen atoms in total. The number of ether oxygens (including phenoxy) is 1. The third kappa shape index (κ3) is 4.90. The van der Waals surface area contributed by atoms with Gasteiger partial charge in [-0.05, 0) is 61.7 Å². The number of hydrogen-bond donors (Lipinski definition) is 2. The van der Waals surface area contributed by atoms with Gasteiger partial charge in [0.1, 0.15) is 18.2 Å². The van der Waals surface area contributed by atoms with E-state index < -0.39 is 10.7 Å². The van der Waals surface area contributed by atoms with Gasteiger partial charge >= 0.3 is 6.03 Å². The average molecular weight is 541 g/mol. The van der Waals surface area contributed by atoms with E-state index in [4.69, 9.17) is 16.3 Å². The molecule has 12 heteroatoms. The van der Waals surface area contributed by atoms with E-state index >= 15 is 0 Å². The molecule has 5 rings (SSSR count). The maximum absolute atomic E-state index is 13.3. The molecule has 0 fully saturated rings. The van der Waals surface area contributed by atoms with E-state index in [2.05, 4.69) is 25.0 Å². The van der Waals surface area contributed by atoms with Gasteiger partial charge in [0.25, 0.3) is 5.56 Å². The molecule has 1 aliphatic heterocycles. The second-order valence-electron chi connectivity index (χ2n) is 7.66. The Balaban J connectivity index is 1.35. The van der Waals surface area contributed by atoms with Crippen molar-refractivity contribution in [3.05, 3.63) is 74.7 Å². The number of benzene rings is 1. The van der Waals surface area contributed by atoms with Crippen LogP contribution < -0.4 is 15.6 Å². The SMILES string of the molecule is C/C=S(\NC(=O)Nc1ccc(-n2c(C)nc3cc(C4=NCCO4)ccc3c2=O)nc1)c1ccc(Cl)s1. The number of carbonyl (C=O) groups is 1. The summed E-state index contributed by atoms with van der Waals surface area (Å²) in [6, 6.07) is 12.0. The highest BCUT2D eigenvalue weighted by Gasteiger charge is 2.15. The fourth-order valence-corrected chi connectivity index (χ4v) is 6.57. The molecule has 0 spiro atoms. The second kappa shape index (κ2) is 10.2. The zero-order valence-electron chi connectivity index (χ0n) is 19.3. The number of fused-ring (bicyclic) bond motifs is 1. The van der Waals surface area contributed by atoms with Gasteiger partial charge in [0.05, 0.1) is 37.9 Å². The topological polar surface area (TPSA) is 111 Å². The summed E-state index contributed by atoms with van der Waals surface area (Å²) in [7, 11) is -0.577. The van der Waals surface area contributed by atoms with Crippen LogP contribution in [0.15, 0.2) is 62.7 Å². The average Bonchev–Trinajstić information content (AvgIpc) is 3.55. The van der Waals surface area contributed by atoms with E-state index in [0.717, 1.165) is 9.77 Å². The first-order valence-electron chi connectivity index (χ1n) is 11.0. The molecule has 0 saturated heterocycles. The molecule has 4 aromatic rings. The van der Waals surface area contributed by atoms with Gasteiger partial charge in [-0.15, -0.1) is 11.3 Å². The Kier molecular flexibility index (Phi) is 6.86. The zero-order valence-corrected chi connectivity index (χ0v) is 21.7. The predicted octanol–water partition coefficient (Wildman–Crippen LogP) is 4.77. The van der Waals surface area contributed by atoms with Crippen LogP contribution in [0.3, 0.4) is 0 Å². The first-order chi connectivity index (χ1) is 17.4. The molecule has 36 heavy (non-hydrogen) atoms. The highest BCUT2D eigenvalue weighted by atomic mass is 35.5. The summed E-state index contributed by atoms with van der Waals surface area (Å²) in [5, 5.41) is 5.14. The molecular formula is C24H21ClN6O3S2. The van der Waals surface area contributed by atoms with E-state index in [1.165, 1.54) is 22.1 Å². The Bertz CT molecular complexity index is 1590. The van der Waals surface area contributed by atoms with E-state index in [-0.39, 0.29) is 11.6 Å². The molecule has 4 heterocycles. The van der Waals surface area contributed by atoms with Gasteiger partial charge in [-0.25, -0.2) is 24.3 Å². The Morgan fingerprint density at radius 2 is 2.11 bits per heavy atom. The first-order valence-corrected chi connectivity index (χ1v) is 13.4. The minimum absolute atomic E-state index is 0.235. The van der Waals surface area contributed by atoms with Crippen LogP contribution in [0.1, 0.15) is 18.3 Å². The van der Waals surface area contributed by atoms with Crippen LogP contribution in [0.5, 0.6) is 0 Å². The summed E-state index contributed by atoms with van der Waals surface area (Å²) in [6.07, 6.45) is 1.50. The van der Waals surface area contributed by atoms with E-state index in [0.29, 0.717) is 51.6 Å². The normalized spacial score (nSPS) is 13.9. The fraction of sp³-hybridized carbons (Fsp3) is 0.167. The first kappa shape index (κ1) is 24.2. The number of halogens is 1. The van der Waals surface area contributed by atoms with Crippen molar-refractivity contribution in [3.63, 3.8) is 0 Å². The maximum atomic E-state index is 13.3. The maximum Gasteiger partial charge on any atom is 0.329 e. The Hall–Kier alpha value is -3.54. The summed E-state index contributed by atoms with van der Waals surface area (Å²) in [5.41, 5.74) is 1.61. The molecule has 0 saturated carbocycles. The van der Waals surface area contributed by atoms with Crippen molar-refractivity contribution >= 4 is 67.5 Å². The van der Waals surface area contributed by atoms with Crippen LogP contribution >= 0.6 is 33.6 Å². The molecular weight excluding hydrogens is 520 g/mol. The summed E-state index contributed by atoms with van der Waals surface area (Å²) in [4.78, 5) is 39.1. The van der Waals surface area contributed by atoms with Crippen molar-refractivity contribution in [3.8, 4) is 5.82 Å². The molecule has 1 unspecified atom stereocenters. The summed E-state index contributed by atoms with van der Waals surface area (Å²) < 4.78 is 11.5. The number of carbonyl (C=O) groups excluding carboxylic acids is 1. The Morgan fingerprint density at radius 3 is 2.78 bits per heavy atom. The van der Waals surface area contributed by atoms with Crippen molar-refractivity contribution in [2.75, 3.05) is 18.5 Å². The number of nitrogens with one attached hydrogen (secondary N) is 2. The number of thiophene rings is 1. The smallest absolute Gasteiger partial charge is 0.329 e. The number of pyridine rings is 1. The molecule has 3 aromatic heterocycles. The standard InChI is InChI=1S/C24H21ClN6O3S2/c1-3-36(21-9-7-19(25)35-21)30-24(33)29-16-5-8-20(27-13-16)31-14(2)28-18-12-15(22-26-10-11-34-22)4-6-17(18)23(31)32/h3-9,12-13H,10-11H2,1-2H3,(H2,29,30,33). The molecule has 2 N–H and O–H groups in total. The number of amides is 2. The summed E-state index contributed by atoms with van der Waals surface area (Å²) in [6.45, 7) is 4.81. The van der Waals surface area contributed by atoms with Crippen molar-refractivity contribution in [1.29, 1.82) is 0 Å². The number of nitrogens with zero attached hydrogens (tertiary/aromatic N) is 4. The van der Waals surface area contributed by atoms with Crippen molar-refractivity contribution in [2.24, 2.45) is 4.99 Å². The van der Waals surface area contributed by atoms with Crippen LogP contribution in [0.2, 0.25) is 4.34 Å². The molecule has 1 aromatic carbocycles. The molecule has 0 aliphatic carbocycles. The number of rotatable bonds is 5. The van der Waals surface area contributed by atoms with Gasteiger partial charge in [0.15, 0.2) is 0 Å². The lowest BCUT2D eigenvalue weighted by Crippen LogP contribution is -2.25. The number of hydrogen-bond acceptors (Lipinski definition) is 7. The molecule has 184 valence electrons. The van der Waals surface area contributed by atoms with E-state index in [1.807, 2.05) is 24.4 Å². The molecule has 2 amide bonds. The quantitative estimate of drug-likeness (QED) is 0.354. The number of urea groups is 1. The molecule has 0 bridgehead atoms. The predicted molar refractivity (Wildman–Crippen MR) is 146 cm³/mol. The van der Waals surface area contributed by atoms with Crippen molar-refractivity contribution in [1.82, 2.24) is 19.3 Å². The largest absolute Gasteiger partial charge is 0.476 e. The lowest BCUT2D eigenvalue weighted by molar-refractivity contribution is 0.257. The van der Waals surface area contributed by atoms with Crippen molar-refractivity contribution < 1.29 is 9.53 Å². The summed E-state index contributed by atoms with van der Waals surface area (Å²) >= 11 is 7.44. The van der Waals surface area contributed by atoms with E-state index in [1.54, 1.807) is 37.3 Å². The highest BCUT2D eigenvalue weighted by Crippen LogP contribution is 2.32. The van der Waals surface area contributed by atoms with Crippen LogP contribution in [0.4, 0.5) is 10.5 Å². The van der Waals surface area contributed by atoms with Crippen LogP contribution in [-0.4, -0.2) is 45.0 Å². The lowest BCUT2D eigenvalue weighted by atomic mass is 10.1. The third-order valence-electron chi connectivity index (χ3n) is 5.31. The number of aromatic nitrogens is 3. The van der Waals surface area contributed by atoms with Gasteiger partial charge in [-0.1, -0.05) is 22.3 Å². The molecule has 1 aliphatic rings. The van der Waals surface area contributed by atoms with Gasteiger partial charge < -0.3 is 10.1 Å². The Morgan fingerprint density at radius 1 is 1.25 bits per heavy atom. The number of aliphatic imine (C=N–C) groups is 1. The molecule has 0 radical (unpaired) electrons. The van der Waals surface area contributed by atoms with Gasteiger partial charge in [0, 0.05) is 5.56 Å². The van der Waals surface area contributed by atoms with Crippen LogP contribution in [0, 0.1) is 6.92 Å². The fourth-order valence-electron chi connectivity index (χ4n) is 3.70. The van der Waals surface area contributed by atoms with Gasteiger partial charge in [-0.2, -0.15) is 0 Å². The third-order valence-corrected chi connectivity index (χ3v) is 8.57. The summed E-state index contributed by atoms with van der Waals surface area (Å²) in [5.74, 6) is 1.46. The minimum atomic E-state index is -0.577. The lowest BCUT2D eigenvalue weighted by Gasteiger charge is -2.13. The monoisotopic (exact) mass is 540 g/mol. The van der Waals surface area contributed by atoms with Crippen LogP contribution in [-0.2, 0) is 4.74 Å². The van der Waals surface area contributed by atoms with Gasteiger partial charge in [0.2, 0.25) is 5.90 Å². The minimum Gasteiger partial charge on any atom is -0.476 e. The van der Waals surface area contributed by atoms with Crippen molar-refractivity contribution in [2.45, 2.75) is 18.1 Å². The second-order valence-corrected chi connectivity index (χ2v) is 11.4. The van der Waals surface area contributed by atoms with Crippen LogP contribution in [0.25, 0.3) is 16.7 Å². The zero-order chi connectivity index (χ0) is 25.2. The van der Waals surface area contributed by atoms with E-state index in [9.17, 15) is 9.59 Å². The number of anilines is 1. The highest BCUT2D eigenvalue weighted by molar-refractivity contribution is 8.15. The Labute approximate surface area is 217 Å². The molecule has 1 atom stereocenters. The number of aryl methyl sites for hydroxylation is 1. The van der Waals surface area contributed by atoms with Gasteiger partial charge in [-0.3, -0.25) is 9.52 Å².